The summed E-state index contributed by atoms with van der Waals surface area (Å²) >= 11 is 3.29. The van der Waals surface area contributed by atoms with Crippen LogP contribution < -0.4 is 5.73 Å². The van der Waals surface area contributed by atoms with Crippen LogP contribution in [0.1, 0.15) is 30.9 Å². The maximum absolute atomic E-state index is 9.33. The lowest BCUT2D eigenvalue weighted by atomic mass is 10.0. The molecule has 0 saturated heterocycles. The van der Waals surface area contributed by atoms with Gasteiger partial charge in [-0.05, 0) is 46.0 Å². The normalized spacial score (nSPS) is 18.1. The number of hydrogen-bond acceptors (Lipinski definition) is 2. The Bertz CT molecular complexity index is 336. The van der Waals surface area contributed by atoms with Crippen molar-refractivity contribution in [3.05, 3.63) is 28.2 Å². The quantitative estimate of drug-likeness (QED) is 0.873. The monoisotopic (exact) mass is 255 g/mol. The van der Waals surface area contributed by atoms with Crippen LogP contribution in [0.4, 0.5) is 0 Å². The second-order valence-electron chi connectivity index (χ2n) is 4.00. The highest BCUT2D eigenvalue weighted by Crippen LogP contribution is 2.37. The van der Waals surface area contributed by atoms with E-state index in [1.54, 1.807) is 6.07 Å². The Kier molecular flexibility index (Phi) is 2.79. The van der Waals surface area contributed by atoms with E-state index < -0.39 is 0 Å². The number of phenolic OH excluding ortho intramolecular Hbond substituents is 1. The Balaban J connectivity index is 2.10. The van der Waals surface area contributed by atoms with Crippen molar-refractivity contribution in [1.29, 1.82) is 0 Å². The Morgan fingerprint density at radius 1 is 1.50 bits per heavy atom. The average Bonchev–Trinajstić information content (AvgIpc) is 2.93. The van der Waals surface area contributed by atoms with Gasteiger partial charge < -0.3 is 10.8 Å². The first kappa shape index (κ1) is 9.99. The summed E-state index contributed by atoms with van der Waals surface area (Å²) in [6.45, 7) is 0. The second-order valence-corrected chi connectivity index (χ2v) is 4.85. The smallest absolute Gasteiger partial charge is 0.129 e. The van der Waals surface area contributed by atoms with Crippen molar-refractivity contribution in [3.63, 3.8) is 0 Å². The number of rotatable bonds is 3. The molecule has 1 saturated carbocycles. The Morgan fingerprint density at radius 3 is 2.79 bits per heavy atom. The van der Waals surface area contributed by atoms with E-state index >= 15 is 0 Å². The van der Waals surface area contributed by atoms with Crippen molar-refractivity contribution in [2.45, 2.75) is 25.3 Å². The lowest BCUT2D eigenvalue weighted by molar-refractivity contribution is 0.471. The lowest BCUT2D eigenvalue weighted by Crippen LogP contribution is -2.10. The summed E-state index contributed by atoms with van der Waals surface area (Å²) in [6.07, 6.45) is 3.72. The summed E-state index contributed by atoms with van der Waals surface area (Å²) in [6, 6.07) is 5.60. The van der Waals surface area contributed by atoms with E-state index in [-0.39, 0.29) is 11.8 Å². The second kappa shape index (κ2) is 3.91. The fraction of sp³-hybridized carbons (Fsp3) is 0.455. The molecule has 0 aromatic heterocycles. The fourth-order valence-electron chi connectivity index (χ4n) is 1.60. The molecule has 0 radical (unpaired) electrons. The van der Waals surface area contributed by atoms with Gasteiger partial charge in [-0.15, -0.1) is 0 Å². The largest absolute Gasteiger partial charge is 0.507 e. The van der Waals surface area contributed by atoms with Crippen LogP contribution in [0.25, 0.3) is 0 Å². The lowest BCUT2D eigenvalue weighted by Gasteiger charge is -2.11. The van der Waals surface area contributed by atoms with Crippen LogP contribution in [0.3, 0.4) is 0 Å². The summed E-state index contributed by atoms with van der Waals surface area (Å²) in [5.74, 6) is 1.10. The van der Waals surface area contributed by atoms with Gasteiger partial charge in [0, 0.05) is 6.04 Å². The number of hydrogen-bond donors (Lipinski definition) is 2. The van der Waals surface area contributed by atoms with Crippen LogP contribution in [0.15, 0.2) is 22.7 Å². The Hall–Kier alpha value is -0.540. The zero-order chi connectivity index (χ0) is 10.1. The van der Waals surface area contributed by atoms with E-state index in [2.05, 4.69) is 15.9 Å². The van der Waals surface area contributed by atoms with Gasteiger partial charge in [0.1, 0.15) is 5.75 Å². The molecule has 2 nitrogen and oxygen atoms in total. The summed E-state index contributed by atoms with van der Waals surface area (Å²) in [7, 11) is 0. The Morgan fingerprint density at radius 2 is 2.21 bits per heavy atom. The molecule has 0 aliphatic heterocycles. The van der Waals surface area contributed by atoms with E-state index in [1.165, 1.54) is 12.8 Å². The molecular formula is C11H14BrNO. The van der Waals surface area contributed by atoms with E-state index in [0.29, 0.717) is 0 Å². The number of aromatic hydroxyl groups is 1. The molecule has 0 spiro atoms. The minimum Gasteiger partial charge on any atom is -0.507 e. The molecule has 0 unspecified atom stereocenters. The van der Waals surface area contributed by atoms with E-state index in [1.807, 2.05) is 12.1 Å². The molecule has 14 heavy (non-hydrogen) atoms. The summed E-state index contributed by atoms with van der Waals surface area (Å²) in [4.78, 5) is 0. The predicted molar refractivity (Wildman–Crippen MR) is 60.1 cm³/mol. The van der Waals surface area contributed by atoms with Gasteiger partial charge in [-0.25, -0.2) is 0 Å². The molecule has 76 valence electrons. The van der Waals surface area contributed by atoms with Crippen molar-refractivity contribution >= 4 is 15.9 Å². The van der Waals surface area contributed by atoms with Crippen LogP contribution in [0.5, 0.6) is 5.75 Å². The molecule has 1 aromatic rings. The van der Waals surface area contributed by atoms with Gasteiger partial charge in [0.15, 0.2) is 0 Å². The third kappa shape index (κ3) is 2.28. The molecule has 3 heteroatoms. The zero-order valence-electron chi connectivity index (χ0n) is 7.91. The van der Waals surface area contributed by atoms with Crippen LogP contribution in [-0.2, 0) is 0 Å². The van der Waals surface area contributed by atoms with Gasteiger partial charge in [0.05, 0.1) is 4.47 Å². The topological polar surface area (TPSA) is 46.2 Å². The summed E-state index contributed by atoms with van der Waals surface area (Å²) in [5, 5.41) is 9.33. The van der Waals surface area contributed by atoms with Crippen molar-refractivity contribution in [3.8, 4) is 5.75 Å². The van der Waals surface area contributed by atoms with Gasteiger partial charge in [-0.2, -0.15) is 0 Å². The number of benzene rings is 1. The summed E-state index contributed by atoms with van der Waals surface area (Å²) < 4.78 is 0.723. The molecular weight excluding hydrogens is 242 g/mol. The highest BCUT2D eigenvalue weighted by atomic mass is 79.9. The van der Waals surface area contributed by atoms with E-state index in [0.717, 1.165) is 22.4 Å². The van der Waals surface area contributed by atoms with Gasteiger partial charge >= 0.3 is 0 Å². The van der Waals surface area contributed by atoms with Crippen LogP contribution in [0.2, 0.25) is 0 Å². The fourth-order valence-corrected chi connectivity index (χ4v) is 2.00. The van der Waals surface area contributed by atoms with Crippen molar-refractivity contribution in [2.75, 3.05) is 0 Å². The Labute approximate surface area is 92.3 Å². The number of phenols is 1. The predicted octanol–water partition coefficient (Wildman–Crippen LogP) is 2.95. The highest BCUT2D eigenvalue weighted by Gasteiger charge is 2.24. The number of nitrogens with two attached hydrogens (primary N) is 1. The minimum absolute atomic E-state index is 0.111. The van der Waals surface area contributed by atoms with Crippen molar-refractivity contribution < 1.29 is 5.11 Å². The highest BCUT2D eigenvalue weighted by molar-refractivity contribution is 9.10. The van der Waals surface area contributed by atoms with Gasteiger partial charge in [-0.3, -0.25) is 0 Å². The molecule has 1 aliphatic rings. The van der Waals surface area contributed by atoms with Gasteiger partial charge in [0.25, 0.3) is 0 Å². The molecule has 0 heterocycles. The number of halogens is 1. The van der Waals surface area contributed by atoms with Crippen LogP contribution in [0, 0.1) is 5.92 Å². The van der Waals surface area contributed by atoms with E-state index in [4.69, 9.17) is 5.73 Å². The zero-order valence-corrected chi connectivity index (χ0v) is 9.50. The molecule has 3 N–H and O–H groups in total. The van der Waals surface area contributed by atoms with Crippen molar-refractivity contribution in [1.82, 2.24) is 0 Å². The van der Waals surface area contributed by atoms with Gasteiger partial charge in [-0.1, -0.05) is 18.9 Å². The molecule has 1 fully saturated rings. The first-order chi connectivity index (χ1) is 6.66. The van der Waals surface area contributed by atoms with Crippen LogP contribution >= 0.6 is 15.9 Å². The molecule has 1 atom stereocenters. The third-order valence-corrected chi connectivity index (χ3v) is 3.32. The first-order valence-corrected chi connectivity index (χ1v) is 5.70. The average molecular weight is 256 g/mol. The maximum Gasteiger partial charge on any atom is 0.129 e. The molecule has 0 bridgehead atoms. The minimum atomic E-state index is 0.111. The molecule has 1 aliphatic carbocycles. The third-order valence-electron chi connectivity index (χ3n) is 2.68. The first-order valence-electron chi connectivity index (χ1n) is 4.91. The maximum atomic E-state index is 9.33. The summed E-state index contributed by atoms with van der Waals surface area (Å²) in [5.41, 5.74) is 7.15. The van der Waals surface area contributed by atoms with Gasteiger partial charge in [0.2, 0.25) is 0 Å². The SMILES string of the molecule is N[C@H](CC1CC1)c1ccc(O)c(Br)c1. The molecule has 1 aromatic carbocycles. The van der Waals surface area contributed by atoms with Crippen molar-refractivity contribution in [2.24, 2.45) is 11.7 Å². The van der Waals surface area contributed by atoms with E-state index in [9.17, 15) is 5.11 Å². The standard InChI is InChI=1S/C11H14BrNO/c12-9-6-8(3-4-11(9)14)10(13)5-7-1-2-7/h3-4,6-7,10,14H,1-2,5,13H2/t10-/m1/s1. The van der Waals surface area contributed by atoms with Crippen LogP contribution in [-0.4, -0.2) is 5.11 Å². The molecule has 0 amide bonds. The molecule has 2 rings (SSSR count).